The van der Waals surface area contributed by atoms with E-state index < -0.39 is 6.67 Å². The summed E-state index contributed by atoms with van der Waals surface area (Å²) >= 11 is 3.13. The Hall–Kier alpha value is -1.49. The quantitative estimate of drug-likeness (QED) is 0.839. The van der Waals surface area contributed by atoms with Gasteiger partial charge >= 0.3 is 0 Å². The highest BCUT2D eigenvalue weighted by Crippen LogP contribution is 2.19. The van der Waals surface area contributed by atoms with E-state index in [0.717, 1.165) is 5.56 Å². The van der Waals surface area contributed by atoms with Crippen molar-refractivity contribution in [2.24, 2.45) is 0 Å². The average Bonchev–Trinajstić information content (AvgIpc) is 2.41. The standard InChI is InChI=1S/C14H12BrF2NO/c1-9(11-2-4-12(17)5-3-11)18-8-10(7-16)6-13(15)14(18)19/h2-6,8-9H,7H2,1H3/t9-/m0/s1. The van der Waals surface area contributed by atoms with Gasteiger partial charge in [-0.25, -0.2) is 8.78 Å². The van der Waals surface area contributed by atoms with E-state index in [1.165, 1.54) is 29.0 Å². The summed E-state index contributed by atoms with van der Waals surface area (Å²) < 4.78 is 27.4. The molecule has 0 unspecified atom stereocenters. The van der Waals surface area contributed by atoms with Gasteiger partial charge < -0.3 is 4.57 Å². The van der Waals surface area contributed by atoms with Crippen molar-refractivity contribution in [3.63, 3.8) is 0 Å². The molecule has 1 aromatic carbocycles. The van der Waals surface area contributed by atoms with Crippen LogP contribution in [0.3, 0.4) is 0 Å². The number of hydrogen-bond acceptors (Lipinski definition) is 1. The third-order valence-corrected chi connectivity index (χ3v) is 3.55. The molecule has 0 fully saturated rings. The van der Waals surface area contributed by atoms with E-state index in [9.17, 15) is 13.6 Å². The van der Waals surface area contributed by atoms with Crippen molar-refractivity contribution in [3.05, 3.63) is 68.3 Å². The van der Waals surface area contributed by atoms with Gasteiger partial charge in [0, 0.05) is 11.8 Å². The Balaban J connectivity index is 2.49. The first-order chi connectivity index (χ1) is 9.02. The molecule has 0 N–H and O–H groups in total. The molecule has 0 saturated carbocycles. The normalized spacial score (nSPS) is 12.4. The summed E-state index contributed by atoms with van der Waals surface area (Å²) in [7, 11) is 0. The summed E-state index contributed by atoms with van der Waals surface area (Å²) in [6, 6.07) is 7.08. The topological polar surface area (TPSA) is 22.0 Å². The zero-order chi connectivity index (χ0) is 14.0. The Morgan fingerprint density at radius 2 is 1.95 bits per heavy atom. The van der Waals surface area contributed by atoms with Crippen LogP contribution in [0.5, 0.6) is 0 Å². The molecule has 0 spiro atoms. The molecule has 0 saturated heterocycles. The molecule has 0 aliphatic carbocycles. The second kappa shape index (κ2) is 5.65. The van der Waals surface area contributed by atoms with E-state index in [-0.39, 0.29) is 17.4 Å². The van der Waals surface area contributed by atoms with Crippen LogP contribution in [0, 0.1) is 5.82 Å². The fourth-order valence-corrected chi connectivity index (χ4v) is 2.38. The first-order valence-electron chi connectivity index (χ1n) is 5.75. The van der Waals surface area contributed by atoms with Crippen LogP contribution in [-0.4, -0.2) is 4.57 Å². The van der Waals surface area contributed by atoms with Crippen molar-refractivity contribution < 1.29 is 8.78 Å². The van der Waals surface area contributed by atoms with Gasteiger partial charge in [0.2, 0.25) is 0 Å². The minimum Gasteiger partial charge on any atom is -0.307 e. The number of alkyl halides is 1. The number of halogens is 3. The molecule has 19 heavy (non-hydrogen) atoms. The lowest BCUT2D eigenvalue weighted by molar-refractivity contribution is 0.478. The summed E-state index contributed by atoms with van der Waals surface area (Å²) in [5.74, 6) is -0.331. The maximum Gasteiger partial charge on any atom is 0.265 e. The average molecular weight is 328 g/mol. The van der Waals surface area contributed by atoms with E-state index in [1.807, 2.05) is 6.92 Å². The first-order valence-corrected chi connectivity index (χ1v) is 6.54. The number of rotatable bonds is 3. The van der Waals surface area contributed by atoms with E-state index in [0.29, 0.717) is 10.0 Å². The molecular formula is C14H12BrF2NO. The van der Waals surface area contributed by atoms with Crippen molar-refractivity contribution in [2.75, 3.05) is 0 Å². The Labute approximate surface area is 117 Å². The molecule has 5 heteroatoms. The van der Waals surface area contributed by atoms with Crippen molar-refractivity contribution in [3.8, 4) is 0 Å². The molecule has 0 aliphatic heterocycles. The first kappa shape index (κ1) is 13.9. The van der Waals surface area contributed by atoms with Gasteiger partial charge in [-0.2, -0.15) is 0 Å². The lowest BCUT2D eigenvalue weighted by atomic mass is 10.1. The van der Waals surface area contributed by atoms with Crippen LogP contribution in [0.25, 0.3) is 0 Å². The Kier molecular flexibility index (Phi) is 4.14. The van der Waals surface area contributed by atoms with Gasteiger partial charge in [0.05, 0.1) is 10.5 Å². The minimum atomic E-state index is -0.644. The van der Waals surface area contributed by atoms with Crippen molar-refractivity contribution in [1.82, 2.24) is 4.57 Å². The second-order valence-electron chi connectivity index (χ2n) is 4.27. The number of benzene rings is 1. The lowest BCUT2D eigenvalue weighted by Gasteiger charge is -2.17. The molecule has 1 atom stereocenters. The van der Waals surface area contributed by atoms with Gasteiger partial charge in [-0.3, -0.25) is 4.79 Å². The predicted molar refractivity (Wildman–Crippen MR) is 73.4 cm³/mol. The van der Waals surface area contributed by atoms with Crippen LogP contribution in [0.4, 0.5) is 8.78 Å². The molecular weight excluding hydrogens is 316 g/mol. The zero-order valence-corrected chi connectivity index (χ0v) is 11.8. The summed E-state index contributed by atoms with van der Waals surface area (Å²) in [5.41, 5.74) is 0.959. The molecule has 1 heterocycles. The number of pyridine rings is 1. The molecule has 2 aromatic rings. The highest BCUT2D eigenvalue weighted by Gasteiger charge is 2.12. The van der Waals surface area contributed by atoms with Crippen LogP contribution < -0.4 is 5.56 Å². The van der Waals surface area contributed by atoms with Crippen molar-refractivity contribution in [1.29, 1.82) is 0 Å². The Morgan fingerprint density at radius 3 is 2.53 bits per heavy atom. The van der Waals surface area contributed by atoms with Gasteiger partial charge in [0.15, 0.2) is 0 Å². The molecule has 2 rings (SSSR count). The monoisotopic (exact) mass is 327 g/mol. The van der Waals surface area contributed by atoms with Crippen molar-refractivity contribution in [2.45, 2.75) is 19.6 Å². The van der Waals surface area contributed by atoms with Crippen LogP contribution in [0.15, 0.2) is 45.8 Å². The second-order valence-corrected chi connectivity index (χ2v) is 5.12. The third-order valence-electron chi connectivity index (χ3n) is 2.98. The van der Waals surface area contributed by atoms with E-state index in [4.69, 9.17) is 0 Å². The van der Waals surface area contributed by atoms with Gasteiger partial charge in [0.1, 0.15) is 12.5 Å². The van der Waals surface area contributed by atoms with Crippen LogP contribution >= 0.6 is 15.9 Å². The number of aromatic nitrogens is 1. The molecule has 0 radical (unpaired) electrons. The predicted octanol–water partition coefficient (Wildman–Crippen LogP) is 3.83. The van der Waals surface area contributed by atoms with Crippen molar-refractivity contribution >= 4 is 15.9 Å². The highest BCUT2D eigenvalue weighted by atomic mass is 79.9. The number of hydrogen-bond donors (Lipinski definition) is 0. The summed E-state index contributed by atoms with van der Waals surface area (Å²) in [6.45, 7) is 1.16. The SMILES string of the molecule is C[C@@H](c1ccc(F)cc1)n1cc(CF)cc(Br)c1=O. The molecule has 1 aromatic heterocycles. The van der Waals surface area contributed by atoms with E-state index >= 15 is 0 Å². The fraction of sp³-hybridized carbons (Fsp3) is 0.214. The number of nitrogens with zero attached hydrogens (tertiary/aromatic N) is 1. The van der Waals surface area contributed by atoms with E-state index in [2.05, 4.69) is 15.9 Å². The maximum absolute atomic E-state index is 12.9. The lowest BCUT2D eigenvalue weighted by Crippen LogP contribution is -2.24. The minimum absolute atomic E-state index is 0.242. The van der Waals surface area contributed by atoms with Gasteiger partial charge in [-0.05, 0) is 46.6 Å². The van der Waals surface area contributed by atoms with Gasteiger partial charge in [-0.15, -0.1) is 0 Å². The van der Waals surface area contributed by atoms with Gasteiger partial charge in [0.25, 0.3) is 5.56 Å². The van der Waals surface area contributed by atoms with Crippen LogP contribution in [0.2, 0.25) is 0 Å². The molecule has 0 amide bonds. The molecule has 100 valence electrons. The summed E-state index contributed by atoms with van der Waals surface area (Å²) in [4.78, 5) is 12.0. The molecule has 2 nitrogen and oxygen atoms in total. The summed E-state index contributed by atoms with van der Waals surface area (Å²) in [6.07, 6.45) is 1.49. The highest BCUT2D eigenvalue weighted by molar-refractivity contribution is 9.10. The Morgan fingerprint density at radius 1 is 1.32 bits per heavy atom. The largest absolute Gasteiger partial charge is 0.307 e. The van der Waals surface area contributed by atoms with Gasteiger partial charge in [-0.1, -0.05) is 12.1 Å². The van der Waals surface area contributed by atoms with Crippen LogP contribution in [0.1, 0.15) is 24.1 Å². The van der Waals surface area contributed by atoms with E-state index in [1.54, 1.807) is 12.1 Å². The maximum atomic E-state index is 12.9. The summed E-state index contributed by atoms with van der Waals surface area (Å²) in [5, 5.41) is 0. The smallest absolute Gasteiger partial charge is 0.265 e. The molecule has 0 bridgehead atoms. The van der Waals surface area contributed by atoms with Crippen LogP contribution in [-0.2, 0) is 6.67 Å². The Bertz CT molecular complexity index is 637. The fourth-order valence-electron chi connectivity index (χ4n) is 1.89. The molecule has 0 aliphatic rings. The zero-order valence-electron chi connectivity index (χ0n) is 10.2. The third kappa shape index (κ3) is 2.92.